The SMILES string of the molecule is CCOc1ccccc1C(=O)C(F)C(C)=O. The van der Waals surface area contributed by atoms with Crippen molar-refractivity contribution in [2.24, 2.45) is 0 Å². The van der Waals surface area contributed by atoms with E-state index in [0.29, 0.717) is 12.4 Å². The van der Waals surface area contributed by atoms with Crippen LogP contribution in [0.2, 0.25) is 0 Å². The monoisotopic (exact) mass is 224 g/mol. The Morgan fingerprint density at radius 1 is 1.38 bits per heavy atom. The van der Waals surface area contributed by atoms with Gasteiger partial charge < -0.3 is 4.74 Å². The zero-order valence-corrected chi connectivity index (χ0v) is 9.20. The van der Waals surface area contributed by atoms with Crippen LogP contribution in [0.15, 0.2) is 24.3 Å². The average Bonchev–Trinajstić information content (AvgIpc) is 2.28. The van der Waals surface area contributed by atoms with Crippen molar-refractivity contribution in [3.05, 3.63) is 29.8 Å². The first kappa shape index (κ1) is 12.4. The van der Waals surface area contributed by atoms with Gasteiger partial charge in [0.15, 0.2) is 5.78 Å². The predicted molar refractivity (Wildman–Crippen MR) is 57.5 cm³/mol. The number of benzene rings is 1. The van der Waals surface area contributed by atoms with Gasteiger partial charge in [-0.15, -0.1) is 0 Å². The van der Waals surface area contributed by atoms with E-state index in [1.54, 1.807) is 25.1 Å². The van der Waals surface area contributed by atoms with Gasteiger partial charge in [-0.3, -0.25) is 9.59 Å². The molecule has 0 aliphatic carbocycles. The Morgan fingerprint density at radius 2 is 2.00 bits per heavy atom. The second-order valence-electron chi connectivity index (χ2n) is 3.27. The molecule has 86 valence electrons. The summed E-state index contributed by atoms with van der Waals surface area (Å²) >= 11 is 0. The highest BCUT2D eigenvalue weighted by Crippen LogP contribution is 2.20. The highest BCUT2D eigenvalue weighted by atomic mass is 19.1. The van der Waals surface area contributed by atoms with Crippen molar-refractivity contribution in [3.8, 4) is 5.75 Å². The number of halogens is 1. The zero-order valence-electron chi connectivity index (χ0n) is 9.20. The largest absolute Gasteiger partial charge is 0.493 e. The first-order valence-electron chi connectivity index (χ1n) is 4.98. The molecule has 0 bridgehead atoms. The maximum absolute atomic E-state index is 13.3. The highest BCUT2D eigenvalue weighted by Gasteiger charge is 2.25. The lowest BCUT2D eigenvalue weighted by Crippen LogP contribution is -2.24. The van der Waals surface area contributed by atoms with Crippen LogP contribution < -0.4 is 4.74 Å². The molecule has 4 heteroatoms. The number of carbonyl (C=O) groups excluding carboxylic acids is 2. The maximum atomic E-state index is 13.3. The van der Waals surface area contributed by atoms with Gasteiger partial charge in [-0.2, -0.15) is 0 Å². The predicted octanol–water partition coefficient (Wildman–Crippen LogP) is 2.20. The fourth-order valence-electron chi connectivity index (χ4n) is 1.27. The van der Waals surface area contributed by atoms with E-state index < -0.39 is 17.7 Å². The number of rotatable bonds is 5. The Balaban J connectivity index is 3.03. The summed E-state index contributed by atoms with van der Waals surface area (Å²) in [5, 5.41) is 0. The Bertz CT molecular complexity index is 401. The van der Waals surface area contributed by atoms with Gasteiger partial charge in [0.2, 0.25) is 12.0 Å². The zero-order chi connectivity index (χ0) is 12.1. The van der Waals surface area contributed by atoms with Gasteiger partial charge >= 0.3 is 0 Å². The molecule has 3 nitrogen and oxygen atoms in total. The van der Waals surface area contributed by atoms with Crippen molar-refractivity contribution in [2.45, 2.75) is 20.0 Å². The van der Waals surface area contributed by atoms with E-state index in [9.17, 15) is 14.0 Å². The van der Waals surface area contributed by atoms with E-state index in [1.165, 1.54) is 6.07 Å². The highest BCUT2D eigenvalue weighted by molar-refractivity contribution is 6.13. The summed E-state index contributed by atoms with van der Waals surface area (Å²) in [6, 6.07) is 6.30. The van der Waals surface area contributed by atoms with E-state index in [2.05, 4.69) is 0 Å². The normalized spacial score (nSPS) is 11.9. The number of Topliss-reactive ketones (excluding diaryl/α,β-unsaturated/α-hetero) is 2. The molecule has 0 N–H and O–H groups in total. The van der Waals surface area contributed by atoms with Crippen molar-refractivity contribution in [3.63, 3.8) is 0 Å². The third kappa shape index (κ3) is 2.66. The van der Waals surface area contributed by atoms with E-state index >= 15 is 0 Å². The molecule has 0 spiro atoms. The first-order valence-corrected chi connectivity index (χ1v) is 4.98. The molecular formula is C12H13FO3. The third-order valence-corrected chi connectivity index (χ3v) is 2.04. The van der Waals surface area contributed by atoms with E-state index in [4.69, 9.17) is 4.74 Å². The van der Waals surface area contributed by atoms with Gasteiger partial charge in [0.25, 0.3) is 0 Å². The van der Waals surface area contributed by atoms with Crippen LogP contribution in [0.25, 0.3) is 0 Å². The van der Waals surface area contributed by atoms with E-state index in [-0.39, 0.29) is 5.56 Å². The van der Waals surface area contributed by atoms with Crippen LogP contribution in [0.3, 0.4) is 0 Å². The molecule has 1 atom stereocenters. The number of carbonyl (C=O) groups is 2. The molecule has 16 heavy (non-hydrogen) atoms. The van der Waals surface area contributed by atoms with Gasteiger partial charge in [0.1, 0.15) is 5.75 Å². The summed E-state index contributed by atoms with van der Waals surface area (Å²) < 4.78 is 18.5. The molecule has 0 heterocycles. The lowest BCUT2D eigenvalue weighted by atomic mass is 10.0. The number of hydrogen-bond donors (Lipinski definition) is 0. The molecule has 0 radical (unpaired) electrons. The topological polar surface area (TPSA) is 43.4 Å². The van der Waals surface area contributed by atoms with Crippen molar-refractivity contribution >= 4 is 11.6 Å². The summed E-state index contributed by atoms with van der Waals surface area (Å²) in [7, 11) is 0. The molecular weight excluding hydrogens is 211 g/mol. The number of ether oxygens (including phenoxy) is 1. The van der Waals surface area contributed by atoms with Crippen LogP contribution in [0.4, 0.5) is 4.39 Å². The summed E-state index contributed by atoms with van der Waals surface area (Å²) in [5.41, 5.74) is 0.104. The van der Waals surface area contributed by atoms with Crippen molar-refractivity contribution in [2.75, 3.05) is 6.61 Å². The Labute approximate surface area is 93.2 Å². The van der Waals surface area contributed by atoms with E-state index in [0.717, 1.165) is 6.92 Å². The fraction of sp³-hybridized carbons (Fsp3) is 0.333. The van der Waals surface area contributed by atoms with Crippen LogP contribution in [0, 0.1) is 0 Å². The molecule has 0 fully saturated rings. The second-order valence-corrected chi connectivity index (χ2v) is 3.27. The third-order valence-electron chi connectivity index (χ3n) is 2.04. The first-order chi connectivity index (χ1) is 7.57. The minimum atomic E-state index is -2.11. The lowest BCUT2D eigenvalue weighted by molar-refractivity contribution is -0.120. The molecule has 0 aliphatic heterocycles. The van der Waals surface area contributed by atoms with Gasteiger partial charge in [0, 0.05) is 0 Å². The molecule has 0 amide bonds. The molecule has 1 rings (SSSR count). The summed E-state index contributed by atoms with van der Waals surface area (Å²) in [5.74, 6) is -1.34. The Hall–Kier alpha value is -1.71. The van der Waals surface area contributed by atoms with Crippen molar-refractivity contribution in [1.29, 1.82) is 0 Å². The fourth-order valence-corrected chi connectivity index (χ4v) is 1.27. The van der Waals surface area contributed by atoms with Crippen molar-refractivity contribution in [1.82, 2.24) is 0 Å². The standard InChI is InChI=1S/C12H13FO3/c1-3-16-10-7-5-4-6-9(10)12(15)11(13)8(2)14/h4-7,11H,3H2,1-2H3. The van der Waals surface area contributed by atoms with Crippen LogP contribution in [0.1, 0.15) is 24.2 Å². The van der Waals surface area contributed by atoms with E-state index in [1.807, 2.05) is 0 Å². The molecule has 0 aliphatic rings. The van der Waals surface area contributed by atoms with Crippen LogP contribution in [-0.4, -0.2) is 24.3 Å². The Morgan fingerprint density at radius 3 is 2.56 bits per heavy atom. The van der Waals surface area contributed by atoms with Crippen molar-refractivity contribution < 1.29 is 18.7 Å². The summed E-state index contributed by atoms with van der Waals surface area (Å²) in [6.07, 6.45) is -2.11. The van der Waals surface area contributed by atoms with Gasteiger partial charge in [-0.1, -0.05) is 12.1 Å². The van der Waals surface area contributed by atoms with Gasteiger partial charge in [-0.25, -0.2) is 4.39 Å². The minimum absolute atomic E-state index is 0.104. The quantitative estimate of drug-likeness (QED) is 0.568. The molecule has 0 saturated heterocycles. The molecule has 0 aromatic heterocycles. The molecule has 1 unspecified atom stereocenters. The van der Waals surface area contributed by atoms with Crippen LogP contribution in [0.5, 0.6) is 5.75 Å². The van der Waals surface area contributed by atoms with Crippen LogP contribution >= 0.6 is 0 Å². The number of para-hydroxylation sites is 1. The van der Waals surface area contributed by atoms with Gasteiger partial charge in [0.05, 0.1) is 12.2 Å². The number of hydrogen-bond acceptors (Lipinski definition) is 3. The molecule has 1 aromatic carbocycles. The number of alkyl halides is 1. The lowest BCUT2D eigenvalue weighted by Gasteiger charge is -2.09. The molecule has 1 aromatic rings. The Kier molecular flexibility index (Phi) is 4.17. The average molecular weight is 224 g/mol. The maximum Gasteiger partial charge on any atom is 0.220 e. The number of ketones is 2. The van der Waals surface area contributed by atoms with Gasteiger partial charge in [-0.05, 0) is 26.0 Å². The molecule has 0 saturated carbocycles. The summed E-state index contributed by atoms with van der Waals surface area (Å²) in [4.78, 5) is 22.4. The van der Waals surface area contributed by atoms with Crippen LogP contribution in [-0.2, 0) is 4.79 Å². The minimum Gasteiger partial charge on any atom is -0.493 e. The summed E-state index contributed by atoms with van der Waals surface area (Å²) in [6.45, 7) is 3.19. The second kappa shape index (κ2) is 5.39. The smallest absolute Gasteiger partial charge is 0.220 e.